The molecule has 0 saturated heterocycles. The number of nitrogens with one attached hydrogen (secondary N) is 1. The third-order valence-electron chi connectivity index (χ3n) is 5.55. The molecule has 1 N–H and O–H groups in total. The molecule has 0 saturated carbocycles. The molecule has 5 heteroatoms. The zero-order valence-electron chi connectivity index (χ0n) is 18.3. The molecule has 5 nitrogen and oxygen atoms in total. The second-order valence-electron chi connectivity index (χ2n) is 7.42. The van der Waals surface area contributed by atoms with Gasteiger partial charge in [0.25, 0.3) is 0 Å². The second-order valence-corrected chi connectivity index (χ2v) is 7.42. The molecule has 0 aliphatic carbocycles. The molecule has 1 atom stereocenters. The SMILES string of the molecule is CCOc1c(OC)cccc1C1NCCc2cc(OC)c(OCc3ccccc3)cc21. The molecule has 0 bridgehead atoms. The number of hydrogen-bond donors (Lipinski definition) is 1. The van der Waals surface area contributed by atoms with Gasteiger partial charge in [0.05, 0.1) is 26.9 Å². The molecule has 1 heterocycles. The lowest BCUT2D eigenvalue weighted by Crippen LogP contribution is -2.31. The highest BCUT2D eigenvalue weighted by atomic mass is 16.5. The van der Waals surface area contributed by atoms with Crippen molar-refractivity contribution in [1.82, 2.24) is 5.32 Å². The monoisotopic (exact) mass is 419 g/mol. The maximum atomic E-state index is 6.18. The van der Waals surface area contributed by atoms with Crippen molar-refractivity contribution in [3.63, 3.8) is 0 Å². The van der Waals surface area contributed by atoms with E-state index in [4.69, 9.17) is 18.9 Å². The molecule has 0 fully saturated rings. The van der Waals surface area contributed by atoms with Crippen molar-refractivity contribution in [3.8, 4) is 23.0 Å². The first-order chi connectivity index (χ1) is 15.2. The zero-order valence-corrected chi connectivity index (χ0v) is 18.3. The van der Waals surface area contributed by atoms with E-state index in [-0.39, 0.29) is 6.04 Å². The largest absolute Gasteiger partial charge is 0.493 e. The molecule has 31 heavy (non-hydrogen) atoms. The van der Waals surface area contributed by atoms with Crippen LogP contribution in [0.4, 0.5) is 0 Å². The van der Waals surface area contributed by atoms with Gasteiger partial charge < -0.3 is 24.3 Å². The van der Waals surface area contributed by atoms with E-state index in [0.717, 1.165) is 47.1 Å². The van der Waals surface area contributed by atoms with E-state index in [2.05, 4.69) is 35.6 Å². The lowest BCUT2D eigenvalue weighted by Gasteiger charge is -2.30. The van der Waals surface area contributed by atoms with Crippen LogP contribution < -0.4 is 24.3 Å². The summed E-state index contributed by atoms with van der Waals surface area (Å²) in [5.74, 6) is 3.01. The van der Waals surface area contributed by atoms with Gasteiger partial charge in [-0.2, -0.15) is 0 Å². The number of fused-ring (bicyclic) bond motifs is 1. The summed E-state index contributed by atoms with van der Waals surface area (Å²) >= 11 is 0. The number of methoxy groups -OCH3 is 2. The molecule has 1 aliphatic heterocycles. The quantitative estimate of drug-likeness (QED) is 0.562. The minimum absolute atomic E-state index is 0.0228. The van der Waals surface area contributed by atoms with Crippen molar-refractivity contribution in [3.05, 3.63) is 82.9 Å². The highest BCUT2D eigenvalue weighted by Crippen LogP contribution is 2.42. The predicted octanol–water partition coefficient (Wildman–Crippen LogP) is 4.92. The van der Waals surface area contributed by atoms with E-state index in [1.165, 1.54) is 11.1 Å². The second kappa shape index (κ2) is 9.75. The minimum atomic E-state index is -0.0228. The van der Waals surface area contributed by atoms with Gasteiger partial charge in [0, 0.05) is 12.1 Å². The molecule has 0 spiro atoms. The molecule has 0 radical (unpaired) electrons. The summed E-state index contributed by atoms with van der Waals surface area (Å²) in [6.45, 7) is 3.91. The number of para-hydroxylation sites is 1. The summed E-state index contributed by atoms with van der Waals surface area (Å²) in [7, 11) is 3.36. The molecule has 1 aliphatic rings. The molecular formula is C26H29NO4. The van der Waals surface area contributed by atoms with Gasteiger partial charge in [-0.25, -0.2) is 0 Å². The van der Waals surface area contributed by atoms with Crippen LogP contribution in [0.3, 0.4) is 0 Å². The Kier molecular flexibility index (Phi) is 6.63. The summed E-state index contributed by atoms with van der Waals surface area (Å²) in [6, 6.07) is 20.3. The predicted molar refractivity (Wildman–Crippen MR) is 121 cm³/mol. The summed E-state index contributed by atoms with van der Waals surface area (Å²) in [5.41, 5.74) is 4.59. The summed E-state index contributed by atoms with van der Waals surface area (Å²) in [4.78, 5) is 0. The smallest absolute Gasteiger partial charge is 0.166 e. The molecule has 1 unspecified atom stereocenters. The maximum Gasteiger partial charge on any atom is 0.166 e. The van der Waals surface area contributed by atoms with Crippen molar-refractivity contribution in [1.29, 1.82) is 0 Å². The van der Waals surface area contributed by atoms with Crippen molar-refractivity contribution < 1.29 is 18.9 Å². The van der Waals surface area contributed by atoms with Crippen LogP contribution in [0.5, 0.6) is 23.0 Å². The van der Waals surface area contributed by atoms with Crippen molar-refractivity contribution in [2.45, 2.75) is 26.0 Å². The fourth-order valence-corrected chi connectivity index (χ4v) is 4.07. The van der Waals surface area contributed by atoms with Crippen LogP contribution in [-0.2, 0) is 13.0 Å². The van der Waals surface area contributed by atoms with Gasteiger partial charge >= 0.3 is 0 Å². The Hall–Kier alpha value is -3.18. The molecule has 4 rings (SSSR count). The minimum Gasteiger partial charge on any atom is -0.493 e. The molecular weight excluding hydrogens is 390 g/mol. The van der Waals surface area contributed by atoms with Gasteiger partial charge in [0.15, 0.2) is 23.0 Å². The highest BCUT2D eigenvalue weighted by Gasteiger charge is 2.27. The van der Waals surface area contributed by atoms with Crippen LogP contribution in [0.1, 0.15) is 35.2 Å². The number of hydrogen-bond acceptors (Lipinski definition) is 5. The highest BCUT2D eigenvalue weighted by molar-refractivity contribution is 5.56. The molecule has 162 valence electrons. The Morgan fingerprint density at radius 2 is 1.65 bits per heavy atom. The number of rotatable bonds is 8. The Morgan fingerprint density at radius 1 is 0.839 bits per heavy atom. The van der Waals surface area contributed by atoms with Gasteiger partial charge in [-0.1, -0.05) is 42.5 Å². The summed E-state index contributed by atoms with van der Waals surface area (Å²) < 4.78 is 23.4. The first kappa shape index (κ1) is 21.1. The third kappa shape index (κ3) is 4.47. The van der Waals surface area contributed by atoms with E-state index in [9.17, 15) is 0 Å². The first-order valence-electron chi connectivity index (χ1n) is 10.7. The van der Waals surface area contributed by atoms with Gasteiger partial charge in [-0.3, -0.25) is 0 Å². The Bertz CT molecular complexity index is 1020. The third-order valence-corrected chi connectivity index (χ3v) is 5.55. The summed E-state index contributed by atoms with van der Waals surface area (Å²) in [5, 5.41) is 3.65. The molecule has 0 aromatic heterocycles. The van der Waals surface area contributed by atoms with Crippen molar-refractivity contribution in [2.75, 3.05) is 27.4 Å². The average Bonchev–Trinajstić information content (AvgIpc) is 2.82. The lowest BCUT2D eigenvalue weighted by atomic mass is 9.88. The normalized spacial score (nSPS) is 15.1. The van der Waals surface area contributed by atoms with E-state index >= 15 is 0 Å². The van der Waals surface area contributed by atoms with Gasteiger partial charge in [0.2, 0.25) is 0 Å². The number of benzene rings is 3. The first-order valence-corrected chi connectivity index (χ1v) is 10.7. The summed E-state index contributed by atoms with van der Waals surface area (Å²) in [6.07, 6.45) is 0.926. The van der Waals surface area contributed by atoms with Crippen LogP contribution in [0.15, 0.2) is 60.7 Å². The van der Waals surface area contributed by atoms with E-state index in [0.29, 0.717) is 13.2 Å². The Morgan fingerprint density at radius 3 is 2.39 bits per heavy atom. The molecule has 3 aromatic carbocycles. The van der Waals surface area contributed by atoms with Crippen LogP contribution in [-0.4, -0.2) is 27.4 Å². The standard InChI is InChI=1S/C26H29NO4/c1-4-30-26-20(11-8-12-22(26)28-2)25-21-16-24(31-17-18-9-6-5-7-10-18)23(29-3)15-19(21)13-14-27-25/h5-12,15-16,25,27H,4,13-14,17H2,1-3H3. The van der Waals surface area contributed by atoms with E-state index in [1.807, 2.05) is 37.3 Å². The lowest BCUT2D eigenvalue weighted by molar-refractivity contribution is 0.283. The number of ether oxygens (including phenoxy) is 4. The molecule has 3 aromatic rings. The van der Waals surface area contributed by atoms with Crippen LogP contribution in [0.2, 0.25) is 0 Å². The topological polar surface area (TPSA) is 49.0 Å². The van der Waals surface area contributed by atoms with E-state index in [1.54, 1.807) is 14.2 Å². The van der Waals surface area contributed by atoms with Crippen molar-refractivity contribution >= 4 is 0 Å². The fourth-order valence-electron chi connectivity index (χ4n) is 4.07. The van der Waals surface area contributed by atoms with Gasteiger partial charge in [-0.15, -0.1) is 0 Å². The fraction of sp³-hybridized carbons (Fsp3) is 0.308. The van der Waals surface area contributed by atoms with Crippen LogP contribution in [0, 0.1) is 0 Å². The Labute approximate surface area is 183 Å². The van der Waals surface area contributed by atoms with Crippen LogP contribution >= 0.6 is 0 Å². The Balaban J connectivity index is 1.72. The zero-order chi connectivity index (χ0) is 21.6. The van der Waals surface area contributed by atoms with Gasteiger partial charge in [-0.05, 0) is 48.2 Å². The molecule has 0 amide bonds. The maximum absolute atomic E-state index is 6.18. The average molecular weight is 420 g/mol. The van der Waals surface area contributed by atoms with E-state index < -0.39 is 0 Å². The van der Waals surface area contributed by atoms with Crippen molar-refractivity contribution in [2.24, 2.45) is 0 Å². The van der Waals surface area contributed by atoms with Crippen LogP contribution in [0.25, 0.3) is 0 Å². The van der Waals surface area contributed by atoms with Gasteiger partial charge in [0.1, 0.15) is 6.61 Å².